The molecule has 0 bridgehead atoms. The van der Waals surface area contributed by atoms with Crippen molar-refractivity contribution >= 4 is 23.6 Å². The maximum absolute atomic E-state index is 12.1. The van der Waals surface area contributed by atoms with Crippen LogP contribution in [0, 0.1) is 0 Å². The Balaban J connectivity index is 1.91. The SMILES string of the molecule is CCc1ccc(C(CNC(=O)CN2CSCC2=O)N(C)C)cc1. The number of benzene rings is 1. The molecule has 1 aliphatic heterocycles. The van der Waals surface area contributed by atoms with Crippen molar-refractivity contribution in [3.05, 3.63) is 35.4 Å². The number of nitrogens with one attached hydrogen (secondary N) is 1. The molecule has 5 nitrogen and oxygen atoms in total. The Kier molecular flexibility index (Phi) is 6.47. The third kappa shape index (κ3) is 4.97. The maximum Gasteiger partial charge on any atom is 0.239 e. The van der Waals surface area contributed by atoms with Gasteiger partial charge in [0, 0.05) is 6.54 Å². The molecule has 1 N–H and O–H groups in total. The zero-order valence-electron chi connectivity index (χ0n) is 14.0. The van der Waals surface area contributed by atoms with Crippen LogP contribution in [0.2, 0.25) is 0 Å². The quantitative estimate of drug-likeness (QED) is 0.820. The van der Waals surface area contributed by atoms with E-state index >= 15 is 0 Å². The zero-order chi connectivity index (χ0) is 16.8. The van der Waals surface area contributed by atoms with Crippen molar-refractivity contribution in [2.45, 2.75) is 19.4 Å². The molecule has 1 unspecified atom stereocenters. The molecule has 0 aromatic heterocycles. The van der Waals surface area contributed by atoms with Gasteiger partial charge in [-0.2, -0.15) is 0 Å². The van der Waals surface area contributed by atoms with Crippen LogP contribution in [0.15, 0.2) is 24.3 Å². The number of rotatable bonds is 7. The summed E-state index contributed by atoms with van der Waals surface area (Å²) in [5.74, 6) is 1.04. The molecule has 1 heterocycles. The molecular weight excluding hydrogens is 310 g/mol. The van der Waals surface area contributed by atoms with Crippen molar-refractivity contribution in [2.24, 2.45) is 0 Å². The number of thioether (sulfide) groups is 1. The molecule has 23 heavy (non-hydrogen) atoms. The van der Waals surface area contributed by atoms with Crippen LogP contribution >= 0.6 is 11.8 Å². The van der Waals surface area contributed by atoms with E-state index in [0.29, 0.717) is 18.2 Å². The Morgan fingerprint density at radius 1 is 1.35 bits per heavy atom. The van der Waals surface area contributed by atoms with Gasteiger partial charge in [-0.05, 0) is 31.6 Å². The van der Waals surface area contributed by atoms with Crippen LogP contribution in [0.5, 0.6) is 0 Å². The minimum absolute atomic E-state index is 0.0458. The van der Waals surface area contributed by atoms with Crippen molar-refractivity contribution in [1.29, 1.82) is 0 Å². The van der Waals surface area contributed by atoms with E-state index in [1.54, 1.807) is 16.7 Å². The normalized spacial score (nSPS) is 16.0. The van der Waals surface area contributed by atoms with Gasteiger partial charge in [0.05, 0.1) is 17.7 Å². The van der Waals surface area contributed by atoms with Crippen molar-refractivity contribution in [1.82, 2.24) is 15.1 Å². The Morgan fingerprint density at radius 2 is 2.04 bits per heavy atom. The average molecular weight is 335 g/mol. The van der Waals surface area contributed by atoms with Crippen LogP contribution in [0.3, 0.4) is 0 Å². The summed E-state index contributed by atoms with van der Waals surface area (Å²) in [5, 5.41) is 2.95. The summed E-state index contributed by atoms with van der Waals surface area (Å²) in [4.78, 5) is 27.3. The molecule has 1 saturated heterocycles. The molecule has 1 atom stereocenters. The highest BCUT2D eigenvalue weighted by atomic mass is 32.2. The molecule has 2 rings (SSSR count). The number of likely N-dealkylation sites (N-methyl/N-ethyl adjacent to an activating group) is 1. The zero-order valence-corrected chi connectivity index (χ0v) is 14.9. The second-order valence-electron chi connectivity index (χ2n) is 5.95. The molecule has 0 aliphatic carbocycles. The smallest absolute Gasteiger partial charge is 0.239 e. The van der Waals surface area contributed by atoms with E-state index < -0.39 is 0 Å². The number of aryl methyl sites for hydroxylation is 1. The first-order chi connectivity index (χ1) is 11.0. The van der Waals surface area contributed by atoms with Gasteiger partial charge in [-0.15, -0.1) is 11.8 Å². The van der Waals surface area contributed by atoms with E-state index in [9.17, 15) is 9.59 Å². The van der Waals surface area contributed by atoms with Gasteiger partial charge < -0.3 is 15.1 Å². The van der Waals surface area contributed by atoms with Gasteiger partial charge in [0.1, 0.15) is 6.54 Å². The maximum atomic E-state index is 12.1. The number of nitrogens with zero attached hydrogens (tertiary/aromatic N) is 2. The summed E-state index contributed by atoms with van der Waals surface area (Å²) >= 11 is 1.55. The first-order valence-corrected chi connectivity index (χ1v) is 9.04. The lowest BCUT2D eigenvalue weighted by Crippen LogP contribution is -2.41. The minimum Gasteiger partial charge on any atom is -0.353 e. The van der Waals surface area contributed by atoms with Crippen LogP contribution in [0.1, 0.15) is 24.1 Å². The fraction of sp³-hybridized carbons (Fsp3) is 0.529. The van der Waals surface area contributed by atoms with Gasteiger partial charge in [0.25, 0.3) is 0 Å². The largest absolute Gasteiger partial charge is 0.353 e. The Labute approximate surface area is 142 Å². The van der Waals surface area contributed by atoms with Gasteiger partial charge in [-0.1, -0.05) is 31.2 Å². The average Bonchev–Trinajstić information content (AvgIpc) is 2.93. The summed E-state index contributed by atoms with van der Waals surface area (Å²) in [7, 11) is 4.01. The van der Waals surface area contributed by atoms with E-state index in [2.05, 4.69) is 41.4 Å². The number of carbonyl (C=O) groups excluding carboxylic acids is 2. The number of hydrogen-bond acceptors (Lipinski definition) is 4. The molecule has 126 valence electrons. The molecule has 0 spiro atoms. The van der Waals surface area contributed by atoms with E-state index in [0.717, 1.165) is 6.42 Å². The highest BCUT2D eigenvalue weighted by molar-refractivity contribution is 8.00. The topological polar surface area (TPSA) is 52.7 Å². The number of carbonyl (C=O) groups is 2. The van der Waals surface area contributed by atoms with Crippen LogP contribution in [0.25, 0.3) is 0 Å². The molecule has 2 amide bonds. The Hall–Kier alpha value is -1.53. The van der Waals surface area contributed by atoms with Crippen LogP contribution in [-0.4, -0.2) is 60.4 Å². The molecule has 0 radical (unpaired) electrons. The van der Waals surface area contributed by atoms with E-state index in [1.807, 2.05) is 14.1 Å². The highest BCUT2D eigenvalue weighted by Gasteiger charge is 2.23. The third-order valence-electron chi connectivity index (χ3n) is 4.05. The third-order valence-corrected chi connectivity index (χ3v) is 4.99. The lowest BCUT2D eigenvalue weighted by molar-refractivity contribution is -0.132. The fourth-order valence-corrected chi connectivity index (χ4v) is 3.46. The van der Waals surface area contributed by atoms with Crippen molar-refractivity contribution in [2.75, 3.05) is 38.8 Å². The summed E-state index contributed by atoms with van der Waals surface area (Å²) in [5.41, 5.74) is 2.49. The number of amides is 2. The van der Waals surface area contributed by atoms with Gasteiger partial charge in [-0.25, -0.2) is 0 Å². The second kappa shape index (κ2) is 8.36. The Morgan fingerprint density at radius 3 is 2.57 bits per heavy atom. The molecule has 6 heteroatoms. The lowest BCUT2D eigenvalue weighted by Gasteiger charge is -2.26. The first-order valence-electron chi connectivity index (χ1n) is 7.88. The van der Waals surface area contributed by atoms with Gasteiger partial charge >= 0.3 is 0 Å². The predicted octanol–water partition coefficient (Wildman–Crippen LogP) is 1.50. The monoisotopic (exact) mass is 335 g/mol. The Bertz CT molecular complexity index is 545. The van der Waals surface area contributed by atoms with Crippen LogP contribution < -0.4 is 5.32 Å². The van der Waals surface area contributed by atoms with Crippen LogP contribution in [-0.2, 0) is 16.0 Å². The highest BCUT2D eigenvalue weighted by Crippen LogP contribution is 2.18. The van der Waals surface area contributed by atoms with Gasteiger partial charge in [-0.3, -0.25) is 9.59 Å². The summed E-state index contributed by atoms with van der Waals surface area (Å²) < 4.78 is 0. The van der Waals surface area contributed by atoms with Crippen LogP contribution in [0.4, 0.5) is 0 Å². The van der Waals surface area contributed by atoms with E-state index in [4.69, 9.17) is 0 Å². The van der Waals surface area contributed by atoms with Crippen molar-refractivity contribution in [3.63, 3.8) is 0 Å². The van der Waals surface area contributed by atoms with Gasteiger partial charge in [0.2, 0.25) is 11.8 Å². The minimum atomic E-state index is -0.0992. The first kappa shape index (κ1) is 17.8. The van der Waals surface area contributed by atoms with Crippen molar-refractivity contribution < 1.29 is 9.59 Å². The standard InChI is InChI=1S/C17H25N3O2S/c1-4-13-5-7-14(8-6-13)15(19(2)3)9-18-16(21)10-20-12-23-11-17(20)22/h5-8,15H,4,9-12H2,1-3H3,(H,18,21). The lowest BCUT2D eigenvalue weighted by atomic mass is 10.0. The molecule has 1 fully saturated rings. The second-order valence-corrected chi connectivity index (χ2v) is 6.90. The fourth-order valence-electron chi connectivity index (χ4n) is 2.55. The molecule has 1 aromatic carbocycles. The summed E-state index contributed by atoms with van der Waals surface area (Å²) in [6, 6.07) is 8.63. The number of hydrogen-bond donors (Lipinski definition) is 1. The van der Waals surface area contributed by atoms with E-state index in [-0.39, 0.29) is 24.4 Å². The van der Waals surface area contributed by atoms with Gasteiger partial charge in [0.15, 0.2) is 0 Å². The summed E-state index contributed by atoms with van der Waals surface area (Å²) in [6.45, 7) is 2.82. The molecule has 1 aromatic rings. The molecular formula is C17H25N3O2S. The predicted molar refractivity (Wildman–Crippen MR) is 94.3 cm³/mol. The molecule has 0 saturated carbocycles. The van der Waals surface area contributed by atoms with Crippen molar-refractivity contribution in [3.8, 4) is 0 Å². The molecule has 1 aliphatic rings. The summed E-state index contributed by atoms with van der Waals surface area (Å²) in [6.07, 6.45) is 1.02. The van der Waals surface area contributed by atoms with E-state index in [1.165, 1.54) is 11.1 Å².